The first-order valence-corrected chi connectivity index (χ1v) is 6.55. The Kier molecular flexibility index (Phi) is 2.63. The third kappa shape index (κ3) is 1.95. The second-order valence-corrected chi connectivity index (χ2v) is 5.66. The van der Waals surface area contributed by atoms with Crippen molar-refractivity contribution in [2.24, 2.45) is 5.14 Å². The summed E-state index contributed by atoms with van der Waals surface area (Å²) in [7, 11) is -3.78. The quantitative estimate of drug-likeness (QED) is 0.620. The summed E-state index contributed by atoms with van der Waals surface area (Å²) in [4.78, 5) is 22.7. The predicted molar refractivity (Wildman–Crippen MR) is 61.8 cm³/mol. The van der Waals surface area contributed by atoms with Crippen LogP contribution in [0.4, 0.5) is 4.79 Å². The number of imide groups is 1. The number of benzene rings is 1. The first kappa shape index (κ1) is 12.5. The summed E-state index contributed by atoms with van der Waals surface area (Å²) in [6.07, 6.45) is 0. The van der Waals surface area contributed by atoms with Crippen LogP contribution in [0.2, 0.25) is 0 Å². The molecule has 0 spiro atoms. The van der Waals surface area contributed by atoms with Crippen LogP contribution in [0, 0.1) is 0 Å². The maximum Gasteiger partial charge on any atom is 0.322 e. The fourth-order valence-electron chi connectivity index (χ4n) is 1.72. The molecule has 0 radical (unpaired) electrons. The van der Waals surface area contributed by atoms with E-state index in [9.17, 15) is 18.0 Å². The largest absolute Gasteiger partial charge is 0.322 e. The van der Waals surface area contributed by atoms with Crippen LogP contribution in [0.15, 0.2) is 29.2 Å². The molecule has 1 atom stereocenters. The van der Waals surface area contributed by atoms with Gasteiger partial charge in [0.2, 0.25) is 10.0 Å². The lowest BCUT2D eigenvalue weighted by Crippen LogP contribution is -2.40. The average Bonchev–Trinajstić information content (AvgIpc) is 2.53. The molecular formula is C10H11N3O4S. The topological polar surface area (TPSA) is 118 Å². The van der Waals surface area contributed by atoms with Gasteiger partial charge in [0.05, 0.1) is 4.90 Å². The number of sulfonamides is 1. The molecule has 4 N–H and O–H groups in total. The summed E-state index contributed by atoms with van der Waals surface area (Å²) < 4.78 is 22.2. The van der Waals surface area contributed by atoms with Gasteiger partial charge in [0.1, 0.15) is 5.54 Å². The minimum Gasteiger partial charge on any atom is -0.320 e. The highest BCUT2D eigenvalue weighted by molar-refractivity contribution is 7.89. The highest BCUT2D eigenvalue weighted by atomic mass is 32.2. The third-order valence-electron chi connectivity index (χ3n) is 2.80. The van der Waals surface area contributed by atoms with Gasteiger partial charge in [0.15, 0.2) is 0 Å². The van der Waals surface area contributed by atoms with E-state index < -0.39 is 27.5 Å². The normalized spacial score (nSPS) is 23.7. The Morgan fingerprint density at radius 3 is 2.11 bits per heavy atom. The maximum absolute atomic E-state index is 11.7. The molecule has 1 aliphatic rings. The van der Waals surface area contributed by atoms with Crippen LogP contribution < -0.4 is 15.8 Å². The molecule has 1 heterocycles. The Bertz CT molecular complexity index is 623. The number of nitrogens with two attached hydrogens (primary N) is 1. The molecule has 1 fully saturated rings. The second kappa shape index (κ2) is 3.79. The van der Waals surface area contributed by atoms with Gasteiger partial charge >= 0.3 is 6.03 Å². The second-order valence-electron chi connectivity index (χ2n) is 4.10. The van der Waals surface area contributed by atoms with E-state index in [1.807, 2.05) is 0 Å². The molecule has 1 saturated heterocycles. The number of primary sulfonamides is 1. The van der Waals surface area contributed by atoms with Crippen molar-refractivity contribution in [3.63, 3.8) is 0 Å². The molecule has 8 heteroatoms. The Hall–Kier alpha value is -1.93. The Morgan fingerprint density at radius 1 is 1.17 bits per heavy atom. The highest BCUT2D eigenvalue weighted by Gasteiger charge is 2.43. The van der Waals surface area contributed by atoms with Gasteiger partial charge < -0.3 is 5.32 Å². The molecule has 0 aliphatic carbocycles. The lowest BCUT2D eigenvalue weighted by Gasteiger charge is -2.21. The van der Waals surface area contributed by atoms with Crippen molar-refractivity contribution in [1.29, 1.82) is 0 Å². The lowest BCUT2D eigenvalue weighted by atomic mass is 9.92. The van der Waals surface area contributed by atoms with E-state index in [0.717, 1.165) is 0 Å². The Balaban J connectivity index is 2.42. The van der Waals surface area contributed by atoms with Gasteiger partial charge in [-0.2, -0.15) is 0 Å². The summed E-state index contributed by atoms with van der Waals surface area (Å²) in [6.45, 7) is 1.53. The van der Waals surface area contributed by atoms with Gasteiger partial charge in [-0.25, -0.2) is 18.4 Å². The van der Waals surface area contributed by atoms with Crippen LogP contribution >= 0.6 is 0 Å². The molecule has 0 aromatic heterocycles. The molecule has 0 saturated carbocycles. The monoisotopic (exact) mass is 269 g/mol. The van der Waals surface area contributed by atoms with Crippen molar-refractivity contribution in [2.75, 3.05) is 0 Å². The number of hydrogen-bond acceptors (Lipinski definition) is 4. The van der Waals surface area contributed by atoms with Crippen molar-refractivity contribution < 1.29 is 18.0 Å². The molecule has 1 aromatic carbocycles. The number of urea groups is 1. The van der Waals surface area contributed by atoms with Gasteiger partial charge in [-0.3, -0.25) is 10.1 Å². The van der Waals surface area contributed by atoms with E-state index in [2.05, 4.69) is 10.6 Å². The minimum atomic E-state index is -3.78. The molecule has 1 unspecified atom stereocenters. The molecule has 0 bridgehead atoms. The number of carbonyl (C=O) groups excluding carboxylic acids is 2. The maximum atomic E-state index is 11.7. The van der Waals surface area contributed by atoms with Gasteiger partial charge in [-0.05, 0) is 24.6 Å². The molecule has 1 aliphatic heterocycles. The van der Waals surface area contributed by atoms with E-state index >= 15 is 0 Å². The number of amides is 3. The molecule has 1 aromatic rings. The summed E-state index contributed by atoms with van der Waals surface area (Å²) in [6, 6.07) is 4.86. The third-order valence-corrected chi connectivity index (χ3v) is 3.73. The van der Waals surface area contributed by atoms with Crippen molar-refractivity contribution >= 4 is 22.0 Å². The van der Waals surface area contributed by atoms with E-state index in [0.29, 0.717) is 5.56 Å². The molecule has 2 rings (SSSR count). The molecule has 96 valence electrons. The summed E-state index contributed by atoms with van der Waals surface area (Å²) in [5.41, 5.74) is -0.730. The summed E-state index contributed by atoms with van der Waals surface area (Å²) in [5.74, 6) is -0.490. The highest BCUT2D eigenvalue weighted by Crippen LogP contribution is 2.25. The molecule has 7 nitrogen and oxygen atoms in total. The predicted octanol–water partition coefficient (Wildman–Crippen LogP) is -0.611. The molecular weight excluding hydrogens is 258 g/mol. The standard InChI is InChI=1S/C10H11N3O4S/c1-10(8(14)12-9(15)13-10)6-2-4-7(5-3-6)18(11,16)17/h2-5H,1H3,(H2,11,16,17)(H2,12,13,14,15). The zero-order chi connectivity index (χ0) is 13.6. The van der Waals surface area contributed by atoms with E-state index in [-0.39, 0.29) is 4.90 Å². The fourth-order valence-corrected chi connectivity index (χ4v) is 2.24. The molecule has 18 heavy (non-hydrogen) atoms. The lowest BCUT2D eigenvalue weighted by molar-refractivity contribution is -0.123. The van der Waals surface area contributed by atoms with Crippen LogP contribution in [0.3, 0.4) is 0 Å². The first-order chi connectivity index (χ1) is 8.23. The Morgan fingerprint density at radius 2 is 1.72 bits per heavy atom. The SMILES string of the molecule is CC1(c2ccc(S(N)(=O)=O)cc2)NC(=O)NC1=O. The van der Waals surface area contributed by atoms with E-state index in [1.54, 1.807) is 0 Å². The van der Waals surface area contributed by atoms with Crippen molar-refractivity contribution in [3.05, 3.63) is 29.8 Å². The van der Waals surface area contributed by atoms with Crippen molar-refractivity contribution in [3.8, 4) is 0 Å². The van der Waals surface area contributed by atoms with Crippen molar-refractivity contribution in [2.45, 2.75) is 17.4 Å². The number of nitrogens with one attached hydrogen (secondary N) is 2. The number of hydrogen-bond donors (Lipinski definition) is 3. The Labute approximate surface area is 103 Å². The van der Waals surface area contributed by atoms with E-state index in [4.69, 9.17) is 5.14 Å². The van der Waals surface area contributed by atoms with Gasteiger partial charge in [0, 0.05) is 0 Å². The van der Waals surface area contributed by atoms with Gasteiger partial charge in [0.25, 0.3) is 5.91 Å². The first-order valence-electron chi connectivity index (χ1n) is 5.00. The molecule has 3 amide bonds. The minimum absolute atomic E-state index is 0.0559. The van der Waals surface area contributed by atoms with E-state index in [1.165, 1.54) is 31.2 Å². The smallest absolute Gasteiger partial charge is 0.320 e. The number of rotatable bonds is 2. The van der Waals surface area contributed by atoms with Crippen molar-refractivity contribution in [1.82, 2.24) is 10.6 Å². The van der Waals surface area contributed by atoms with Gasteiger partial charge in [-0.1, -0.05) is 12.1 Å². The fraction of sp³-hybridized carbons (Fsp3) is 0.200. The van der Waals surface area contributed by atoms with Crippen LogP contribution in [0.25, 0.3) is 0 Å². The van der Waals surface area contributed by atoms with Crippen LogP contribution in [-0.4, -0.2) is 20.4 Å². The van der Waals surface area contributed by atoms with Crippen LogP contribution in [0.5, 0.6) is 0 Å². The summed E-state index contributed by atoms with van der Waals surface area (Å²) in [5, 5.41) is 9.56. The van der Waals surface area contributed by atoms with Crippen LogP contribution in [0.1, 0.15) is 12.5 Å². The average molecular weight is 269 g/mol. The van der Waals surface area contributed by atoms with Crippen LogP contribution in [-0.2, 0) is 20.4 Å². The summed E-state index contributed by atoms with van der Waals surface area (Å²) >= 11 is 0. The van der Waals surface area contributed by atoms with Gasteiger partial charge in [-0.15, -0.1) is 0 Å². The zero-order valence-corrected chi connectivity index (χ0v) is 10.2. The number of carbonyl (C=O) groups is 2. The zero-order valence-electron chi connectivity index (χ0n) is 9.43.